The van der Waals surface area contributed by atoms with Gasteiger partial charge in [0.05, 0.1) is 22.1 Å². The number of nitrogens with zero attached hydrogens (tertiary/aromatic N) is 4. The minimum absolute atomic E-state index is 0.968. The number of fused-ring (bicyclic) bond motifs is 12. The maximum Gasteiger partial charge on any atom is 0.0742 e. The summed E-state index contributed by atoms with van der Waals surface area (Å²) in [7, 11) is 4.51. The number of para-hydroxylation sites is 1. The summed E-state index contributed by atoms with van der Waals surface area (Å²) in [5, 5.41) is 12.7. The van der Waals surface area contributed by atoms with Crippen LogP contribution in [0.3, 0.4) is 0 Å². The van der Waals surface area contributed by atoms with E-state index in [1.165, 1.54) is 104 Å². The van der Waals surface area contributed by atoms with Gasteiger partial charge in [0.1, 0.15) is 0 Å². The van der Waals surface area contributed by atoms with Crippen LogP contribution in [0.4, 0.5) is 28.4 Å². The Morgan fingerprint density at radius 1 is 0.361 bits per heavy atom. The van der Waals surface area contributed by atoms with Crippen LogP contribution >= 0.6 is 0 Å². The molecule has 72 heavy (non-hydrogen) atoms. The quantitative estimate of drug-likeness (QED) is 0.151. The maximum absolute atomic E-state index is 2.47. The summed E-state index contributed by atoms with van der Waals surface area (Å²) in [4.78, 5) is 4.85. The van der Waals surface area contributed by atoms with Crippen molar-refractivity contribution in [1.82, 2.24) is 9.13 Å². The van der Waals surface area contributed by atoms with E-state index < -0.39 is 0 Å². The highest BCUT2D eigenvalue weighted by molar-refractivity contribution is 6.36. The first kappa shape index (κ1) is 41.8. The molecule has 4 heteroatoms. The van der Waals surface area contributed by atoms with E-state index in [-0.39, 0.29) is 0 Å². The zero-order valence-electron chi connectivity index (χ0n) is 40.3. The molecular weight excluding hydrogens is 873 g/mol. The van der Waals surface area contributed by atoms with Crippen molar-refractivity contribution in [2.24, 2.45) is 14.1 Å². The molecule has 0 saturated carbocycles. The van der Waals surface area contributed by atoms with Gasteiger partial charge >= 0.3 is 0 Å². The summed E-state index contributed by atoms with van der Waals surface area (Å²) in [6, 6.07) is 82.6. The monoisotopic (exact) mass is 922 g/mol. The topological polar surface area (TPSA) is 16.3 Å². The standard InChI is InChI=1S/C68H50N4/c1-69-63-43-53(71(49-21-5-3-6-22-49)51-35-31-47(32-36-51)57-29-15-19-45-17-9-11-25-55(45)57)39-41-61(63)65-59-27-13-14-28-60(59)66-62-42-40-54(44-64(62)70(2)68(66)67(65)69)72(50-23-7-4-8-24-50)52-37-33-48(34-38-52)58-30-16-20-46-18-10-12-26-56(46)58/h3-7,9-23,25-44H,8,24H2,1-2H3. The number of rotatable bonds is 8. The normalized spacial score (nSPS) is 12.8. The number of benzene rings is 11. The number of aryl methyl sites for hydroxylation is 2. The number of allylic oxidation sites excluding steroid dienone is 4. The van der Waals surface area contributed by atoms with Gasteiger partial charge in [-0.2, -0.15) is 0 Å². The Hall–Kier alpha value is -9.12. The fraction of sp³-hybridized carbons (Fsp3) is 0.0588. The van der Waals surface area contributed by atoms with Crippen LogP contribution in [0.5, 0.6) is 0 Å². The van der Waals surface area contributed by atoms with Gasteiger partial charge < -0.3 is 18.9 Å². The highest BCUT2D eigenvalue weighted by Gasteiger charge is 2.25. The second-order valence-electron chi connectivity index (χ2n) is 19.3. The van der Waals surface area contributed by atoms with E-state index in [1.807, 2.05) is 0 Å². The van der Waals surface area contributed by atoms with Gasteiger partial charge in [-0.25, -0.2) is 0 Å². The van der Waals surface area contributed by atoms with Gasteiger partial charge in [0.15, 0.2) is 0 Å². The second-order valence-corrected chi connectivity index (χ2v) is 19.3. The van der Waals surface area contributed by atoms with Crippen molar-refractivity contribution in [2.75, 3.05) is 9.80 Å². The average Bonchev–Trinajstić information content (AvgIpc) is 3.91. The van der Waals surface area contributed by atoms with Crippen LogP contribution in [0.1, 0.15) is 12.8 Å². The van der Waals surface area contributed by atoms with Gasteiger partial charge in [0, 0.05) is 69.8 Å². The fourth-order valence-corrected chi connectivity index (χ4v) is 12.0. The minimum Gasteiger partial charge on any atom is -0.342 e. The predicted octanol–water partition coefficient (Wildman–Crippen LogP) is 18.6. The van der Waals surface area contributed by atoms with Crippen LogP contribution in [-0.4, -0.2) is 9.13 Å². The molecule has 342 valence electrons. The summed E-state index contributed by atoms with van der Waals surface area (Å²) < 4.78 is 4.89. The number of anilines is 5. The van der Waals surface area contributed by atoms with Gasteiger partial charge in [0.25, 0.3) is 0 Å². The highest BCUT2D eigenvalue weighted by atomic mass is 15.2. The molecule has 1 aliphatic carbocycles. The van der Waals surface area contributed by atoms with Crippen molar-refractivity contribution < 1.29 is 0 Å². The molecule has 0 fully saturated rings. The van der Waals surface area contributed by atoms with Crippen LogP contribution in [0.25, 0.3) is 98.2 Å². The first-order valence-electron chi connectivity index (χ1n) is 25.1. The number of hydrogen-bond donors (Lipinski definition) is 0. The fourth-order valence-electron chi connectivity index (χ4n) is 12.0. The molecular formula is C68H50N4. The molecule has 0 atom stereocenters. The summed E-state index contributed by atoms with van der Waals surface area (Å²) in [5.41, 5.74) is 16.7. The van der Waals surface area contributed by atoms with Crippen molar-refractivity contribution in [1.29, 1.82) is 0 Å². The van der Waals surface area contributed by atoms with Gasteiger partial charge in [-0.3, -0.25) is 0 Å². The van der Waals surface area contributed by atoms with E-state index in [0.717, 1.165) is 41.3 Å². The van der Waals surface area contributed by atoms with E-state index in [4.69, 9.17) is 0 Å². The van der Waals surface area contributed by atoms with Crippen LogP contribution in [0, 0.1) is 0 Å². The second kappa shape index (κ2) is 16.8. The Labute approximate surface area is 418 Å². The molecule has 2 aromatic heterocycles. The van der Waals surface area contributed by atoms with E-state index in [1.54, 1.807) is 0 Å². The zero-order chi connectivity index (χ0) is 47.9. The lowest BCUT2D eigenvalue weighted by Crippen LogP contribution is -2.17. The largest absolute Gasteiger partial charge is 0.342 e. The molecule has 0 saturated heterocycles. The maximum atomic E-state index is 2.47. The molecule has 13 aromatic rings. The predicted molar refractivity (Wildman–Crippen MR) is 308 cm³/mol. The molecule has 14 rings (SSSR count). The molecule has 0 unspecified atom stereocenters. The van der Waals surface area contributed by atoms with Crippen molar-refractivity contribution in [3.05, 3.63) is 248 Å². The highest BCUT2D eigenvalue weighted by Crippen LogP contribution is 2.47. The Morgan fingerprint density at radius 2 is 0.792 bits per heavy atom. The van der Waals surface area contributed by atoms with E-state index in [0.29, 0.717) is 0 Å². The third-order valence-corrected chi connectivity index (χ3v) is 15.3. The number of hydrogen-bond acceptors (Lipinski definition) is 2. The lowest BCUT2D eigenvalue weighted by atomic mass is 9.97. The summed E-state index contributed by atoms with van der Waals surface area (Å²) in [5.74, 6) is 0. The molecule has 0 bridgehead atoms. The molecule has 2 heterocycles. The smallest absolute Gasteiger partial charge is 0.0742 e. The lowest BCUT2D eigenvalue weighted by molar-refractivity contribution is 0.917. The molecule has 0 N–H and O–H groups in total. The Balaban J connectivity index is 0.918. The molecule has 0 amide bonds. The molecule has 0 aliphatic heterocycles. The SMILES string of the molecule is Cn1c2cc(N(C3=CC=CCC3)c3ccc(-c4cccc5ccccc45)cc3)ccc2c2c3ccccc3c3c4ccc(N(c5ccccc5)c5ccc(-c6cccc7ccccc67)cc5)cc4n(C)c3c21. The average molecular weight is 923 g/mol. The lowest BCUT2D eigenvalue weighted by Gasteiger charge is -2.29. The van der Waals surface area contributed by atoms with Crippen molar-refractivity contribution >= 4 is 104 Å². The third-order valence-electron chi connectivity index (χ3n) is 15.3. The summed E-state index contributed by atoms with van der Waals surface area (Å²) in [6.45, 7) is 0. The Kier molecular flexibility index (Phi) is 9.75. The zero-order valence-corrected chi connectivity index (χ0v) is 40.3. The third kappa shape index (κ3) is 6.60. The van der Waals surface area contributed by atoms with Gasteiger partial charge in [-0.05, 0) is 134 Å². The van der Waals surface area contributed by atoms with Gasteiger partial charge in [-0.15, -0.1) is 0 Å². The molecule has 0 radical (unpaired) electrons. The van der Waals surface area contributed by atoms with E-state index in [9.17, 15) is 0 Å². The Bertz CT molecular complexity index is 4330. The van der Waals surface area contributed by atoms with Gasteiger partial charge in [0.2, 0.25) is 0 Å². The van der Waals surface area contributed by atoms with Crippen LogP contribution in [0.15, 0.2) is 248 Å². The molecule has 11 aromatic carbocycles. The molecule has 1 aliphatic rings. The van der Waals surface area contributed by atoms with Gasteiger partial charge in [-0.1, -0.05) is 176 Å². The first-order chi connectivity index (χ1) is 35.6. The van der Waals surface area contributed by atoms with Crippen LogP contribution < -0.4 is 9.80 Å². The summed E-state index contributed by atoms with van der Waals surface area (Å²) in [6.07, 6.45) is 8.75. The van der Waals surface area contributed by atoms with Crippen LogP contribution in [-0.2, 0) is 14.1 Å². The molecule has 0 spiro atoms. The van der Waals surface area contributed by atoms with Crippen molar-refractivity contribution in [3.8, 4) is 22.3 Å². The van der Waals surface area contributed by atoms with Crippen LogP contribution in [0.2, 0.25) is 0 Å². The minimum atomic E-state index is 0.968. The Morgan fingerprint density at radius 3 is 1.31 bits per heavy atom. The van der Waals surface area contributed by atoms with Crippen molar-refractivity contribution in [3.63, 3.8) is 0 Å². The first-order valence-corrected chi connectivity index (χ1v) is 25.1. The summed E-state index contributed by atoms with van der Waals surface area (Å²) >= 11 is 0. The van der Waals surface area contributed by atoms with E-state index >= 15 is 0 Å². The molecule has 4 nitrogen and oxygen atoms in total. The van der Waals surface area contributed by atoms with Crippen molar-refractivity contribution in [2.45, 2.75) is 12.8 Å². The van der Waals surface area contributed by atoms with E-state index in [2.05, 4.69) is 276 Å². The number of aromatic nitrogens is 2.